The third kappa shape index (κ3) is 17.3. The van der Waals surface area contributed by atoms with Crippen LogP contribution in [0.25, 0.3) is 88.1 Å². The Morgan fingerprint density at radius 2 is 0.513 bits per heavy atom. The number of rotatable bonds is 19. The molecule has 0 bridgehead atoms. The minimum atomic E-state index is -1.47. The lowest BCUT2D eigenvalue weighted by molar-refractivity contribution is -0.659. The Labute approximate surface area is 690 Å². The van der Waals surface area contributed by atoms with Gasteiger partial charge in [-0.25, -0.2) is 18.3 Å². The van der Waals surface area contributed by atoms with E-state index < -0.39 is 32.3 Å². The summed E-state index contributed by atoms with van der Waals surface area (Å²) in [6.45, 7) is 70.1. The smallest absolute Gasteiger partial charge is 0.200 e. The molecule has 4 nitrogen and oxygen atoms in total. The molecule has 4 heterocycles. The second kappa shape index (κ2) is 36.2. The molecule has 0 saturated heterocycles. The van der Waals surface area contributed by atoms with Crippen LogP contribution in [-0.2, 0) is 53.9 Å². The Morgan fingerprint density at radius 3 is 0.761 bits per heavy atom. The first-order valence-electron chi connectivity index (χ1n) is 43.4. The molecule has 0 spiro atoms. The standard InChI is InChI=1S/C28H40NSi.C27H38NSi.C26H36NSi.C24H32NSi/c1-10-23-18-27(22(8)20(6)21(23)7)28-26-14-13-25(17-24(26)15-16-29(28)9)30(11-2,12-3)19(4)5;1-9-22-18-26(21(7)19(5)20(22)6)27-25-14-13-24(29(10-2,11-3)12-4)17-23(25)15-16-28(27)8;1-10-21-16-25(20(6)18(4)19(21)5)26-24-12-11-23(28(8,9)17(2)3)15-22(24)13-14-27(26)7;1-9-19-15-23(18(4)16(2)17(19)3)24-22-11-10-21(26(6,7)8)14-20(22)12-13-25(24)5/h13-19H,10-12H2,1-9H3;13-18H,9-12H2,1-8H3;11-17H,10H2,1-9H3;10-15H,9H2,1-8H3/q4*+1. The molecule has 0 unspecified atom stereocenters. The summed E-state index contributed by atoms with van der Waals surface area (Å²) in [6.07, 6.45) is 13.2. The van der Waals surface area contributed by atoms with Crippen LogP contribution in [0.15, 0.2) is 146 Å². The number of hydrogen-bond acceptors (Lipinski definition) is 0. The number of benzene rings is 8. The van der Waals surface area contributed by atoms with E-state index in [1.165, 1.54) is 213 Å². The zero-order valence-corrected chi connectivity index (χ0v) is 81.2. The average Bonchev–Trinajstić information content (AvgIpc) is 0.769. The SMILES string of the molecule is CCc1cc(-c2c3ccc([Si](C)(C)C(C)C)cc3cc[n+]2C)c(C)c(C)c1C.CCc1cc(-c2c3ccc([Si](C)(C)C)cc3cc[n+]2C)c(C)c(C)c1C.CCc1cc(-c2c3ccc([Si](CC)(CC)C(C)C)cc3cc[n+]2C)c(C)c(C)c1C.CCc1cc(-c2c3ccc([Si](CC)(CC)CC)cc3cc[n+]2C)c(C)c(C)c1C. The van der Waals surface area contributed by atoms with Crippen molar-refractivity contribution in [2.75, 3.05) is 0 Å². The van der Waals surface area contributed by atoms with Crippen molar-refractivity contribution in [3.8, 4) is 45.0 Å². The molecule has 8 aromatic carbocycles. The fourth-order valence-electron chi connectivity index (χ4n) is 18.8. The third-order valence-corrected chi connectivity index (χ3v) is 47.6. The number of nitrogens with zero attached hydrogens (tertiary/aromatic N) is 4. The van der Waals surface area contributed by atoms with Crippen LogP contribution in [0.4, 0.5) is 0 Å². The lowest BCUT2D eigenvalue weighted by Gasteiger charge is -2.34. The second-order valence-electron chi connectivity index (χ2n) is 36.0. The van der Waals surface area contributed by atoms with E-state index in [4.69, 9.17) is 0 Å². The van der Waals surface area contributed by atoms with Crippen molar-refractivity contribution < 1.29 is 18.3 Å². The lowest BCUT2D eigenvalue weighted by atomic mass is 9.90. The highest BCUT2D eigenvalue weighted by Crippen LogP contribution is 2.40. The summed E-state index contributed by atoms with van der Waals surface area (Å²) in [4.78, 5) is 0. The van der Waals surface area contributed by atoms with Crippen molar-refractivity contribution >= 4 is 96.1 Å². The molecule has 0 aliphatic rings. The Morgan fingerprint density at radius 1 is 0.265 bits per heavy atom. The average molecular weight is 1580 g/mol. The molecule has 0 aliphatic carbocycles. The van der Waals surface area contributed by atoms with Gasteiger partial charge in [-0.15, -0.1) is 0 Å². The molecular weight excluding hydrogens is 1430 g/mol. The van der Waals surface area contributed by atoms with Crippen molar-refractivity contribution in [2.45, 2.75) is 273 Å². The van der Waals surface area contributed by atoms with E-state index in [2.05, 4.69) is 398 Å². The first-order chi connectivity index (χ1) is 53.3. The van der Waals surface area contributed by atoms with Crippen LogP contribution in [-0.4, -0.2) is 32.3 Å². The van der Waals surface area contributed by atoms with Crippen LogP contribution < -0.4 is 39.0 Å². The fourth-order valence-corrected chi connectivity index (χ4v) is 29.7. The Hall–Kier alpha value is -7.73. The molecule has 12 rings (SSSR count). The first kappa shape index (κ1) is 89.2. The molecule has 0 saturated carbocycles. The van der Waals surface area contributed by atoms with E-state index in [-0.39, 0.29) is 0 Å². The van der Waals surface area contributed by atoms with Gasteiger partial charge in [-0.05, 0) is 279 Å². The summed E-state index contributed by atoms with van der Waals surface area (Å²) in [5, 5.41) is 17.3. The van der Waals surface area contributed by atoms with Crippen molar-refractivity contribution in [1.82, 2.24) is 0 Å². The second-order valence-corrected chi connectivity index (χ2v) is 57.0. The van der Waals surface area contributed by atoms with Gasteiger partial charge in [0.05, 0.1) is 76.1 Å². The number of fused-ring (bicyclic) bond motifs is 4. The van der Waals surface area contributed by atoms with Crippen LogP contribution in [0.1, 0.15) is 179 Å². The van der Waals surface area contributed by atoms with Gasteiger partial charge >= 0.3 is 0 Å². The molecule has 113 heavy (non-hydrogen) atoms. The van der Waals surface area contributed by atoms with E-state index >= 15 is 0 Å². The van der Waals surface area contributed by atoms with E-state index in [1.54, 1.807) is 15.6 Å². The van der Waals surface area contributed by atoms with E-state index in [1.807, 2.05) is 0 Å². The predicted octanol–water partition coefficient (Wildman–Crippen LogP) is 25.0. The lowest BCUT2D eigenvalue weighted by Crippen LogP contribution is -2.49. The molecular formula is C105H146N4Si4+4. The quantitative estimate of drug-likeness (QED) is 0.0566. The van der Waals surface area contributed by atoms with Gasteiger partial charge in [-0.1, -0.05) is 222 Å². The van der Waals surface area contributed by atoms with Crippen LogP contribution in [0.3, 0.4) is 0 Å². The Bertz CT molecular complexity index is 5510. The maximum Gasteiger partial charge on any atom is 0.220 e. The minimum absolute atomic E-state index is 0.735. The molecule has 0 fully saturated rings. The zero-order chi connectivity index (χ0) is 83.6. The molecule has 12 aromatic rings. The van der Waals surface area contributed by atoms with E-state index in [0.29, 0.717) is 0 Å². The highest BCUT2D eigenvalue weighted by Gasteiger charge is 2.37. The predicted molar refractivity (Wildman–Crippen MR) is 510 cm³/mol. The number of hydrogen-bond donors (Lipinski definition) is 0. The molecule has 0 aliphatic heterocycles. The summed E-state index contributed by atoms with van der Waals surface area (Å²) >= 11 is 0. The number of aryl methyl sites for hydroxylation is 8. The van der Waals surface area contributed by atoms with Crippen LogP contribution in [0.2, 0.25) is 74.0 Å². The molecule has 4 aromatic heterocycles. The minimum Gasteiger partial charge on any atom is -0.200 e. The maximum atomic E-state index is 2.52. The number of aromatic nitrogens is 4. The van der Waals surface area contributed by atoms with E-state index in [9.17, 15) is 0 Å². The highest BCUT2D eigenvalue weighted by molar-refractivity contribution is 6.93. The van der Waals surface area contributed by atoms with Crippen molar-refractivity contribution in [3.63, 3.8) is 0 Å². The van der Waals surface area contributed by atoms with Crippen molar-refractivity contribution in [3.05, 3.63) is 235 Å². The third-order valence-electron chi connectivity index (χ3n) is 29.0. The highest BCUT2D eigenvalue weighted by atomic mass is 28.3. The van der Waals surface area contributed by atoms with Gasteiger partial charge in [-0.2, -0.15) is 0 Å². The summed E-state index contributed by atoms with van der Waals surface area (Å²) < 4.78 is 9.20. The largest absolute Gasteiger partial charge is 0.220 e. The van der Waals surface area contributed by atoms with Gasteiger partial charge in [0.2, 0.25) is 22.8 Å². The van der Waals surface area contributed by atoms with Gasteiger partial charge in [-0.3, -0.25) is 0 Å². The summed E-state index contributed by atoms with van der Waals surface area (Å²) in [5.74, 6) is 0. The van der Waals surface area contributed by atoms with Gasteiger partial charge < -0.3 is 0 Å². The van der Waals surface area contributed by atoms with Gasteiger partial charge in [0.1, 0.15) is 28.2 Å². The zero-order valence-electron chi connectivity index (χ0n) is 77.2. The topological polar surface area (TPSA) is 15.5 Å². The molecule has 0 atom stereocenters. The summed E-state index contributed by atoms with van der Waals surface area (Å²) in [6, 6.07) is 54.6. The van der Waals surface area contributed by atoms with Gasteiger partial charge in [0.15, 0.2) is 24.8 Å². The van der Waals surface area contributed by atoms with Crippen LogP contribution >= 0.6 is 0 Å². The normalized spacial score (nSPS) is 12.1. The van der Waals surface area contributed by atoms with E-state index in [0.717, 1.165) is 36.8 Å². The molecule has 0 N–H and O–H groups in total. The molecule has 598 valence electrons. The Balaban J connectivity index is 0.000000173. The maximum absolute atomic E-state index is 2.52. The molecule has 0 radical (unpaired) electrons. The van der Waals surface area contributed by atoms with Crippen LogP contribution in [0.5, 0.6) is 0 Å². The fraction of sp³-hybridized carbons (Fsp3) is 0.429. The molecule has 8 heteroatoms. The molecule has 0 amide bonds. The Kier molecular flexibility index (Phi) is 28.6. The first-order valence-corrected chi connectivity index (χ1v) is 55.1. The van der Waals surface area contributed by atoms with Crippen LogP contribution in [0, 0.1) is 83.1 Å². The summed E-state index contributed by atoms with van der Waals surface area (Å²) in [7, 11) is 3.13. The van der Waals surface area contributed by atoms with Crippen molar-refractivity contribution in [2.24, 2.45) is 28.2 Å². The van der Waals surface area contributed by atoms with Crippen molar-refractivity contribution in [1.29, 1.82) is 0 Å². The summed E-state index contributed by atoms with van der Waals surface area (Å²) in [5.41, 5.74) is 35.3. The number of pyridine rings is 4. The monoisotopic (exact) mass is 1580 g/mol. The van der Waals surface area contributed by atoms with Gasteiger partial charge in [0, 0.05) is 24.3 Å². The van der Waals surface area contributed by atoms with Gasteiger partial charge in [0.25, 0.3) is 0 Å².